The van der Waals surface area contributed by atoms with E-state index < -0.39 is 5.60 Å². The molecule has 2 unspecified atom stereocenters. The molecule has 0 saturated heterocycles. The van der Waals surface area contributed by atoms with Gasteiger partial charge in [-0.1, -0.05) is 26.7 Å². The fourth-order valence-electron chi connectivity index (χ4n) is 4.01. The second kappa shape index (κ2) is 6.39. The summed E-state index contributed by atoms with van der Waals surface area (Å²) in [6, 6.07) is 0. The molecule has 2 nitrogen and oxygen atoms in total. The van der Waals surface area contributed by atoms with Crippen molar-refractivity contribution in [2.24, 2.45) is 17.8 Å². The molecule has 0 aromatic heterocycles. The van der Waals surface area contributed by atoms with Crippen LogP contribution < -0.4 is 0 Å². The Kier molecular flexibility index (Phi) is 5.05. The highest BCUT2D eigenvalue weighted by atomic mass is 16.5. The van der Waals surface area contributed by atoms with E-state index in [1.54, 1.807) is 0 Å². The first-order chi connectivity index (χ1) is 9.07. The monoisotopic (exact) mass is 266 g/mol. The normalized spacial score (nSPS) is 40.1. The Morgan fingerprint density at radius 1 is 1.11 bits per heavy atom. The third-order valence-corrected chi connectivity index (χ3v) is 5.26. The average molecular weight is 266 g/mol. The molecule has 0 heterocycles. The Labute approximate surface area is 118 Å². The van der Waals surface area contributed by atoms with Gasteiger partial charge in [-0.25, -0.2) is 0 Å². The maximum Gasteiger partial charge on any atom is 0.167 e. The summed E-state index contributed by atoms with van der Waals surface area (Å²) in [5.74, 6) is 2.17. The van der Waals surface area contributed by atoms with Crippen molar-refractivity contribution < 1.29 is 9.53 Å². The molecule has 2 aliphatic carbocycles. The van der Waals surface area contributed by atoms with Crippen LogP contribution >= 0.6 is 0 Å². The first-order valence-corrected chi connectivity index (χ1v) is 8.25. The van der Waals surface area contributed by atoms with Gasteiger partial charge in [-0.3, -0.25) is 4.79 Å². The highest BCUT2D eigenvalue weighted by Crippen LogP contribution is 2.40. The van der Waals surface area contributed by atoms with Crippen molar-refractivity contribution in [2.45, 2.75) is 77.7 Å². The van der Waals surface area contributed by atoms with Gasteiger partial charge in [-0.2, -0.15) is 0 Å². The second-order valence-corrected chi connectivity index (χ2v) is 6.94. The summed E-state index contributed by atoms with van der Waals surface area (Å²) in [6.07, 6.45) is 8.88. The summed E-state index contributed by atoms with van der Waals surface area (Å²) >= 11 is 0. The second-order valence-electron chi connectivity index (χ2n) is 6.94. The molecule has 2 heteroatoms. The molecule has 0 amide bonds. The van der Waals surface area contributed by atoms with Gasteiger partial charge in [0.1, 0.15) is 5.60 Å². The lowest BCUT2D eigenvalue weighted by Crippen LogP contribution is -2.48. The highest BCUT2D eigenvalue weighted by molar-refractivity contribution is 5.89. The maximum absolute atomic E-state index is 13.0. The van der Waals surface area contributed by atoms with Crippen LogP contribution in [0.1, 0.15) is 72.1 Å². The Morgan fingerprint density at radius 2 is 1.79 bits per heavy atom. The quantitative estimate of drug-likeness (QED) is 0.755. The SMILES string of the molecule is CCOC1(C(=O)C2CCCC(C)C2)CCC(C)CC1. The lowest BCUT2D eigenvalue weighted by Gasteiger charge is -2.41. The van der Waals surface area contributed by atoms with Crippen LogP contribution in [0.2, 0.25) is 0 Å². The molecule has 110 valence electrons. The van der Waals surface area contributed by atoms with Crippen molar-refractivity contribution in [2.75, 3.05) is 6.61 Å². The van der Waals surface area contributed by atoms with Gasteiger partial charge >= 0.3 is 0 Å². The molecule has 0 aromatic carbocycles. The minimum absolute atomic E-state index is 0.267. The molecule has 2 aliphatic rings. The van der Waals surface area contributed by atoms with Crippen LogP contribution in [0.5, 0.6) is 0 Å². The Balaban J connectivity index is 2.07. The fourth-order valence-corrected chi connectivity index (χ4v) is 4.01. The van der Waals surface area contributed by atoms with E-state index in [1.807, 2.05) is 6.92 Å². The molecule has 19 heavy (non-hydrogen) atoms. The third-order valence-electron chi connectivity index (χ3n) is 5.26. The van der Waals surface area contributed by atoms with Crippen LogP contribution in [0.25, 0.3) is 0 Å². The number of hydrogen-bond donors (Lipinski definition) is 0. The van der Waals surface area contributed by atoms with Gasteiger partial charge in [0, 0.05) is 12.5 Å². The summed E-state index contributed by atoms with van der Waals surface area (Å²) in [4.78, 5) is 13.0. The highest BCUT2D eigenvalue weighted by Gasteiger charge is 2.45. The van der Waals surface area contributed by atoms with Crippen LogP contribution in [0, 0.1) is 17.8 Å². The molecule has 0 bridgehead atoms. The molecular formula is C17H30O2. The molecule has 0 spiro atoms. The van der Waals surface area contributed by atoms with Crippen LogP contribution in [0.3, 0.4) is 0 Å². The van der Waals surface area contributed by atoms with Crippen LogP contribution in [0.15, 0.2) is 0 Å². The van der Waals surface area contributed by atoms with Crippen LogP contribution in [0.4, 0.5) is 0 Å². The average Bonchev–Trinajstić information content (AvgIpc) is 2.41. The Bertz CT molecular complexity index is 302. The standard InChI is InChI=1S/C17H30O2/c1-4-19-17(10-8-13(2)9-11-17)16(18)15-7-5-6-14(3)12-15/h13-15H,4-12H2,1-3H3. The lowest BCUT2D eigenvalue weighted by molar-refractivity contribution is -0.156. The smallest absolute Gasteiger partial charge is 0.167 e. The first-order valence-electron chi connectivity index (χ1n) is 8.25. The molecule has 0 aliphatic heterocycles. The first kappa shape index (κ1) is 15.0. The van der Waals surface area contributed by atoms with Gasteiger partial charge < -0.3 is 4.74 Å². The predicted octanol–water partition coefficient (Wildman–Crippen LogP) is 4.37. The van der Waals surface area contributed by atoms with Crippen molar-refractivity contribution in [3.63, 3.8) is 0 Å². The topological polar surface area (TPSA) is 26.3 Å². The largest absolute Gasteiger partial charge is 0.367 e. The van der Waals surface area contributed by atoms with E-state index in [-0.39, 0.29) is 5.92 Å². The van der Waals surface area contributed by atoms with E-state index >= 15 is 0 Å². The summed E-state index contributed by atoms with van der Waals surface area (Å²) in [6.45, 7) is 7.28. The summed E-state index contributed by atoms with van der Waals surface area (Å²) in [5, 5.41) is 0. The van der Waals surface area contributed by atoms with Gasteiger partial charge in [-0.05, 0) is 57.3 Å². The third kappa shape index (κ3) is 3.39. The zero-order valence-electron chi connectivity index (χ0n) is 12.9. The van der Waals surface area contributed by atoms with Crippen molar-refractivity contribution in [1.82, 2.24) is 0 Å². The number of ketones is 1. The van der Waals surface area contributed by atoms with E-state index in [9.17, 15) is 4.79 Å². The molecule has 0 aromatic rings. The Morgan fingerprint density at radius 3 is 2.37 bits per heavy atom. The van der Waals surface area contributed by atoms with Gasteiger partial charge in [0.05, 0.1) is 0 Å². The van der Waals surface area contributed by atoms with Gasteiger partial charge in [0.15, 0.2) is 5.78 Å². The number of carbonyl (C=O) groups excluding carboxylic acids is 1. The predicted molar refractivity (Wildman–Crippen MR) is 78.1 cm³/mol. The zero-order chi connectivity index (χ0) is 13.9. The van der Waals surface area contributed by atoms with Gasteiger partial charge in [0.25, 0.3) is 0 Å². The maximum atomic E-state index is 13.0. The molecule has 0 N–H and O–H groups in total. The number of hydrogen-bond acceptors (Lipinski definition) is 2. The zero-order valence-corrected chi connectivity index (χ0v) is 12.9. The van der Waals surface area contributed by atoms with Crippen molar-refractivity contribution in [3.8, 4) is 0 Å². The molecule has 0 radical (unpaired) electrons. The lowest BCUT2D eigenvalue weighted by atomic mass is 9.70. The van der Waals surface area contributed by atoms with E-state index in [2.05, 4.69) is 13.8 Å². The van der Waals surface area contributed by atoms with Crippen molar-refractivity contribution in [1.29, 1.82) is 0 Å². The van der Waals surface area contributed by atoms with Crippen LogP contribution in [-0.2, 0) is 9.53 Å². The van der Waals surface area contributed by atoms with Crippen molar-refractivity contribution >= 4 is 5.78 Å². The minimum Gasteiger partial charge on any atom is -0.367 e. The molecule has 2 rings (SSSR count). The van der Waals surface area contributed by atoms with Gasteiger partial charge in [-0.15, -0.1) is 0 Å². The minimum atomic E-state index is -0.428. The summed E-state index contributed by atoms with van der Waals surface area (Å²) in [5.41, 5.74) is -0.428. The number of carbonyl (C=O) groups is 1. The van der Waals surface area contributed by atoms with E-state index in [0.717, 1.165) is 44.4 Å². The van der Waals surface area contributed by atoms with E-state index in [0.29, 0.717) is 18.3 Å². The Hall–Kier alpha value is -0.370. The molecular weight excluding hydrogens is 236 g/mol. The number of Topliss-reactive ketones (excluding diaryl/α,β-unsaturated/α-hetero) is 1. The number of rotatable bonds is 4. The van der Waals surface area contributed by atoms with Crippen LogP contribution in [-0.4, -0.2) is 18.0 Å². The fraction of sp³-hybridized carbons (Fsp3) is 0.941. The van der Waals surface area contributed by atoms with E-state index in [4.69, 9.17) is 4.74 Å². The number of ether oxygens (including phenoxy) is 1. The summed E-state index contributed by atoms with van der Waals surface area (Å²) < 4.78 is 6.02. The van der Waals surface area contributed by atoms with Crippen molar-refractivity contribution in [3.05, 3.63) is 0 Å². The van der Waals surface area contributed by atoms with E-state index in [1.165, 1.54) is 12.8 Å². The van der Waals surface area contributed by atoms with Gasteiger partial charge in [0.2, 0.25) is 0 Å². The summed E-state index contributed by atoms with van der Waals surface area (Å²) in [7, 11) is 0. The molecule has 2 saturated carbocycles. The molecule has 2 fully saturated rings. The molecule has 2 atom stereocenters.